The summed E-state index contributed by atoms with van der Waals surface area (Å²) in [4.78, 5) is 37.4. The average molecular weight is 396 g/mol. The fourth-order valence-electron chi connectivity index (χ4n) is 3.34. The normalized spacial score (nSPS) is 14.3. The van der Waals surface area contributed by atoms with Crippen LogP contribution in [-0.4, -0.2) is 51.6 Å². The molecule has 8 nitrogen and oxygen atoms in total. The molecule has 1 aliphatic rings. The van der Waals surface area contributed by atoms with Gasteiger partial charge in [-0.1, -0.05) is 6.07 Å². The largest absolute Gasteiger partial charge is 0.348 e. The molecule has 2 aromatic heterocycles. The van der Waals surface area contributed by atoms with E-state index in [0.717, 1.165) is 0 Å². The maximum absolute atomic E-state index is 13.7. The number of fused-ring (bicyclic) bond motifs is 1. The Balaban J connectivity index is 1.46. The average Bonchev–Trinajstić information content (AvgIpc) is 2.73. The van der Waals surface area contributed by atoms with E-state index >= 15 is 0 Å². The maximum atomic E-state index is 13.7. The zero-order valence-electron chi connectivity index (χ0n) is 16.2. The summed E-state index contributed by atoms with van der Waals surface area (Å²) in [6.07, 6.45) is 1.63. The quantitative estimate of drug-likeness (QED) is 0.718. The van der Waals surface area contributed by atoms with Crippen molar-refractivity contribution in [1.82, 2.24) is 19.4 Å². The van der Waals surface area contributed by atoms with E-state index in [4.69, 9.17) is 0 Å². The summed E-state index contributed by atoms with van der Waals surface area (Å²) < 4.78 is 15.2. The van der Waals surface area contributed by atoms with Crippen LogP contribution in [0.15, 0.2) is 41.3 Å². The van der Waals surface area contributed by atoms with Gasteiger partial charge in [-0.15, -0.1) is 0 Å². The summed E-state index contributed by atoms with van der Waals surface area (Å²) in [5, 5.41) is 2.72. The van der Waals surface area contributed by atoms with Crippen LogP contribution in [0.2, 0.25) is 0 Å². The second-order valence-corrected chi connectivity index (χ2v) is 7.01. The summed E-state index contributed by atoms with van der Waals surface area (Å²) in [6.45, 7) is 3.47. The fraction of sp³-hybridized carbons (Fsp3) is 0.300. The summed E-state index contributed by atoms with van der Waals surface area (Å²) >= 11 is 0. The van der Waals surface area contributed by atoms with Crippen LogP contribution in [0.4, 0.5) is 20.7 Å². The summed E-state index contributed by atoms with van der Waals surface area (Å²) in [5.74, 6) is -0.00556. The Morgan fingerprint density at radius 2 is 1.93 bits per heavy atom. The number of aromatic nitrogens is 3. The molecule has 0 saturated carbocycles. The van der Waals surface area contributed by atoms with Crippen molar-refractivity contribution in [2.75, 3.05) is 36.4 Å². The van der Waals surface area contributed by atoms with Crippen molar-refractivity contribution < 1.29 is 9.18 Å². The Bertz CT molecular complexity index is 1140. The third-order valence-corrected chi connectivity index (χ3v) is 5.10. The van der Waals surface area contributed by atoms with Gasteiger partial charge in [0.15, 0.2) is 11.5 Å². The summed E-state index contributed by atoms with van der Waals surface area (Å²) in [6, 6.07) is 7.90. The number of anilines is 2. The van der Waals surface area contributed by atoms with Crippen LogP contribution in [-0.2, 0) is 7.05 Å². The standard InChI is InChI=1S/C20H21FN6O2/c1-13-5-6-14(12-15(13)21)23-20(29)27-10-8-26(9-11-27)18-19(28)25(2)17-16(24-18)4-3-7-22-17/h3-7,12H,8-11H2,1-2H3,(H,23,29). The molecule has 2 amide bonds. The van der Waals surface area contributed by atoms with Gasteiger partial charge in [0.1, 0.15) is 11.3 Å². The molecule has 3 heterocycles. The number of carbonyl (C=O) groups excluding carboxylic acids is 1. The first-order valence-corrected chi connectivity index (χ1v) is 9.33. The lowest BCUT2D eigenvalue weighted by Crippen LogP contribution is -2.51. The highest BCUT2D eigenvalue weighted by atomic mass is 19.1. The van der Waals surface area contributed by atoms with Crippen LogP contribution < -0.4 is 15.8 Å². The number of urea groups is 1. The SMILES string of the molecule is Cc1ccc(NC(=O)N2CCN(c3nc4cccnc4n(C)c3=O)CC2)cc1F. The Kier molecular flexibility index (Phi) is 4.87. The lowest BCUT2D eigenvalue weighted by molar-refractivity contribution is 0.208. The van der Waals surface area contributed by atoms with Gasteiger partial charge in [-0.2, -0.15) is 0 Å². The first-order valence-electron chi connectivity index (χ1n) is 9.33. The van der Waals surface area contributed by atoms with Crippen molar-refractivity contribution in [1.29, 1.82) is 0 Å². The minimum Gasteiger partial charge on any atom is -0.348 e. The van der Waals surface area contributed by atoms with Crippen LogP contribution in [0, 0.1) is 12.7 Å². The van der Waals surface area contributed by atoms with E-state index in [1.807, 2.05) is 11.0 Å². The maximum Gasteiger partial charge on any atom is 0.321 e. The number of rotatable bonds is 2. The number of aryl methyl sites for hydroxylation is 2. The van der Waals surface area contributed by atoms with Gasteiger partial charge in [0.05, 0.1) is 0 Å². The number of amides is 2. The van der Waals surface area contributed by atoms with E-state index in [1.165, 1.54) is 10.6 Å². The molecular weight excluding hydrogens is 375 g/mol. The highest BCUT2D eigenvalue weighted by Gasteiger charge is 2.24. The number of nitrogens with one attached hydrogen (secondary N) is 1. The summed E-state index contributed by atoms with van der Waals surface area (Å²) in [7, 11) is 1.67. The molecule has 29 heavy (non-hydrogen) atoms. The van der Waals surface area contributed by atoms with E-state index in [9.17, 15) is 14.0 Å². The van der Waals surface area contributed by atoms with E-state index in [1.54, 1.807) is 43.3 Å². The fourth-order valence-corrected chi connectivity index (χ4v) is 3.34. The highest BCUT2D eigenvalue weighted by Crippen LogP contribution is 2.16. The second kappa shape index (κ2) is 7.50. The van der Waals surface area contributed by atoms with E-state index in [2.05, 4.69) is 15.3 Å². The van der Waals surface area contributed by atoms with E-state index in [0.29, 0.717) is 54.4 Å². The third-order valence-electron chi connectivity index (χ3n) is 5.10. The topological polar surface area (TPSA) is 83.4 Å². The molecule has 0 aliphatic carbocycles. The van der Waals surface area contributed by atoms with Crippen molar-refractivity contribution in [3.63, 3.8) is 0 Å². The van der Waals surface area contributed by atoms with Crippen LogP contribution in [0.3, 0.4) is 0 Å². The molecule has 4 rings (SSSR count). The predicted molar refractivity (Wildman–Crippen MR) is 109 cm³/mol. The van der Waals surface area contributed by atoms with Gasteiger partial charge in [-0.05, 0) is 36.8 Å². The second-order valence-electron chi connectivity index (χ2n) is 7.01. The van der Waals surface area contributed by atoms with Gasteiger partial charge in [-0.3, -0.25) is 9.36 Å². The van der Waals surface area contributed by atoms with Crippen LogP contribution >= 0.6 is 0 Å². The number of halogens is 1. The number of pyridine rings is 1. The number of benzene rings is 1. The molecule has 1 saturated heterocycles. The molecule has 3 aromatic rings. The predicted octanol–water partition coefficient (Wildman–Crippen LogP) is 2.13. The minimum atomic E-state index is -0.361. The van der Waals surface area contributed by atoms with Crippen molar-refractivity contribution in [2.24, 2.45) is 7.05 Å². The Labute approximate surface area is 166 Å². The Morgan fingerprint density at radius 3 is 2.66 bits per heavy atom. The van der Waals surface area contributed by atoms with Crippen molar-refractivity contribution in [3.05, 3.63) is 58.3 Å². The molecular formula is C20H21FN6O2. The Morgan fingerprint density at radius 1 is 1.17 bits per heavy atom. The molecule has 1 fully saturated rings. The van der Waals surface area contributed by atoms with Crippen LogP contribution in [0.1, 0.15) is 5.56 Å². The smallest absolute Gasteiger partial charge is 0.321 e. The van der Waals surface area contributed by atoms with Gasteiger partial charge >= 0.3 is 6.03 Å². The Hall–Kier alpha value is -3.49. The molecule has 150 valence electrons. The molecule has 0 bridgehead atoms. The number of carbonyl (C=O) groups is 1. The van der Waals surface area contributed by atoms with Gasteiger partial charge < -0.3 is 15.1 Å². The van der Waals surface area contributed by atoms with Gasteiger partial charge in [0.2, 0.25) is 0 Å². The highest BCUT2D eigenvalue weighted by molar-refractivity contribution is 5.89. The molecule has 1 N–H and O–H groups in total. The van der Waals surface area contributed by atoms with E-state index in [-0.39, 0.29) is 17.4 Å². The molecule has 9 heteroatoms. The molecule has 0 atom stereocenters. The molecule has 1 aliphatic heterocycles. The number of hydrogen-bond donors (Lipinski definition) is 1. The first kappa shape index (κ1) is 18.9. The van der Waals surface area contributed by atoms with Gasteiger partial charge in [0.25, 0.3) is 5.56 Å². The number of nitrogens with zero attached hydrogens (tertiary/aromatic N) is 5. The van der Waals surface area contributed by atoms with Crippen LogP contribution in [0.25, 0.3) is 11.2 Å². The first-order chi connectivity index (χ1) is 13.9. The van der Waals surface area contributed by atoms with Crippen molar-refractivity contribution >= 4 is 28.7 Å². The minimum absolute atomic E-state index is 0.218. The zero-order chi connectivity index (χ0) is 20.5. The lowest BCUT2D eigenvalue weighted by atomic mass is 10.2. The molecule has 1 aromatic carbocycles. The molecule has 0 spiro atoms. The van der Waals surface area contributed by atoms with E-state index < -0.39 is 0 Å². The third kappa shape index (κ3) is 3.63. The summed E-state index contributed by atoms with van der Waals surface area (Å²) in [5.41, 5.74) is 1.90. The monoisotopic (exact) mass is 396 g/mol. The number of hydrogen-bond acceptors (Lipinski definition) is 5. The van der Waals surface area contributed by atoms with Crippen molar-refractivity contribution in [2.45, 2.75) is 6.92 Å². The zero-order valence-corrected chi connectivity index (χ0v) is 16.2. The van der Waals surface area contributed by atoms with Gasteiger partial charge in [0, 0.05) is 45.1 Å². The number of piperazine rings is 1. The lowest BCUT2D eigenvalue weighted by Gasteiger charge is -2.35. The van der Waals surface area contributed by atoms with Crippen molar-refractivity contribution in [3.8, 4) is 0 Å². The molecule has 0 unspecified atom stereocenters. The molecule has 0 radical (unpaired) electrons. The van der Waals surface area contributed by atoms with Gasteiger partial charge in [-0.25, -0.2) is 19.2 Å². The van der Waals surface area contributed by atoms with Crippen LogP contribution in [0.5, 0.6) is 0 Å².